The minimum atomic E-state index is 0.629. The molecule has 0 spiro atoms. The third-order valence-electron chi connectivity index (χ3n) is 1.04. The average Bonchev–Trinajstić information content (AvgIpc) is 1.97. The molecule has 0 amide bonds. The first-order valence-electron chi connectivity index (χ1n) is 3.78. The van der Waals surface area contributed by atoms with E-state index >= 15 is 0 Å². The van der Waals surface area contributed by atoms with Crippen LogP contribution in [-0.4, -0.2) is 33.1 Å². The molecular formula is C7H17NO2. The maximum absolute atomic E-state index is 5.10. The zero-order valence-electron chi connectivity index (χ0n) is 6.85. The monoisotopic (exact) mass is 147 g/mol. The average molecular weight is 147 g/mol. The smallest absolute Gasteiger partial charge is 0.0965 e. The lowest BCUT2D eigenvalue weighted by Gasteiger charge is -2.03. The second kappa shape index (κ2) is 8.88. The van der Waals surface area contributed by atoms with Crippen LogP contribution in [0.15, 0.2) is 0 Å². The minimum absolute atomic E-state index is 0.629. The van der Waals surface area contributed by atoms with Crippen LogP contribution in [0.25, 0.3) is 0 Å². The van der Waals surface area contributed by atoms with Gasteiger partial charge in [0.05, 0.1) is 13.3 Å². The van der Waals surface area contributed by atoms with Gasteiger partial charge in [-0.25, -0.2) is 0 Å². The van der Waals surface area contributed by atoms with Crippen molar-refractivity contribution >= 4 is 0 Å². The molecule has 62 valence electrons. The number of hydrogen-bond donors (Lipinski definition) is 1. The highest BCUT2D eigenvalue weighted by Crippen LogP contribution is 1.71. The molecule has 10 heavy (non-hydrogen) atoms. The normalized spacial score (nSPS) is 10.2. The van der Waals surface area contributed by atoms with Crippen molar-refractivity contribution in [3.8, 4) is 0 Å². The fraction of sp³-hybridized carbons (Fsp3) is 1.00. The van der Waals surface area contributed by atoms with Crippen molar-refractivity contribution in [1.29, 1.82) is 0 Å². The number of ether oxygens (including phenoxy) is 2. The lowest BCUT2D eigenvalue weighted by Crippen LogP contribution is -2.22. The molecule has 0 aliphatic carbocycles. The van der Waals surface area contributed by atoms with Gasteiger partial charge in [0.1, 0.15) is 0 Å². The Hall–Kier alpha value is -0.120. The van der Waals surface area contributed by atoms with Crippen LogP contribution in [0.3, 0.4) is 0 Å². The first-order chi connectivity index (χ1) is 4.91. The number of hydrogen-bond acceptors (Lipinski definition) is 3. The molecule has 0 aromatic carbocycles. The third-order valence-corrected chi connectivity index (χ3v) is 1.04. The Kier molecular flexibility index (Phi) is 8.77. The Labute approximate surface area is 62.7 Å². The molecule has 0 rings (SSSR count). The van der Waals surface area contributed by atoms with E-state index in [0.717, 1.165) is 26.4 Å². The Morgan fingerprint density at radius 1 is 1.10 bits per heavy atom. The summed E-state index contributed by atoms with van der Waals surface area (Å²) in [5.74, 6) is 0. The fourth-order valence-corrected chi connectivity index (χ4v) is 0.535. The molecule has 0 aromatic rings. The van der Waals surface area contributed by atoms with Gasteiger partial charge in [-0.2, -0.15) is 0 Å². The van der Waals surface area contributed by atoms with Gasteiger partial charge in [0.2, 0.25) is 0 Å². The van der Waals surface area contributed by atoms with Crippen molar-refractivity contribution in [2.24, 2.45) is 0 Å². The summed E-state index contributed by atoms with van der Waals surface area (Å²) >= 11 is 0. The second-order valence-corrected chi connectivity index (χ2v) is 1.83. The maximum atomic E-state index is 5.10. The predicted molar refractivity (Wildman–Crippen MR) is 41.0 cm³/mol. The molecule has 0 radical (unpaired) electrons. The minimum Gasteiger partial charge on any atom is -0.380 e. The largest absolute Gasteiger partial charge is 0.380 e. The second-order valence-electron chi connectivity index (χ2n) is 1.83. The van der Waals surface area contributed by atoms with E-state index in [0.29, 0.717) is 6.73 Å². The highest BCUT2D eigenvalue weighted by molar-refractivity contribution is 4.36. The van der Waals surface area contributed by atoms with Crippen LogP contribution in [0.2, 0.25) is 0 Å². The highest BCUT2D eigenvalue weighted by atomic mass is 16.5. The van der Waals surface area contributed by atoms with Gasteiger partial charge in [0, 0.05) is 19.8 Å². The van der Waals surface area contributed by atoms with Gasteiger partial charge in [0.15, 0.2) is 0 Å². The summed E-state index contributed by atoms with van der Waals surface area (Å²) in [6.45, 7) is 7.78. The van der Waals surface area contributed by atoms with Gasteiger partial charge in [0.25, 0.3) is 0 Å². The molecule has 0 saturated heterocycles. The molecule has 3 heteroatoms. The molecule has 0 bridgehead atoms. The predicted octanol–water partition coefficient (Wildman–Crippen LogP) is 0.607. The van der Waals surface area contributed by atoms with E-state index in [9.17, 15) is 0 Å². The van der Waals surface area contributed by atoms with Crippen molar-refractivity contribution in [3.05, 3.63) is 0 Å². The maximum Gasteiger partial charge on any atom is 0.0965 e. The molecule has 0 aliphatic heterocycles. The molecule has 0 heterocycles. The van der Waals surface area contributed by atoms with E-state index in [2.05, 4.69) is 5.32 Å². The summed E-state index contributed by atoms with van der Waals surface area (Å²) < 4.78 is 10.1. The Morgan fingerprint density at radius 2 is 1.80 bits per heavy atom. The molecule has 1 N–H and O–H groups in total. The Bertz CT molecular complexity index is 51.6. The molecule has 0 atom stereocenters. The van der Waals surface area contributed by atoms with E-state index in [-0.39, 0.29) is 0 Å². The van der Waals surface area contributed by atoms with Crippen molar-refractivity contribution < 1.29 is 9.47 Å². The summed E-state index contributed by atoms with van der Waals surface area (Å²) in [5, 5.41) is 3.07. The number of rotatable bonds is 7. The van der Waals surface area contributed by atoms with Gasteiger partial charge in [-0.15, -0.1) is 0 Å². The quantitative estimate of drug-likeness (QED) is 0.422. The van der Waals surface area contributed by atoms with Gasteiger partial charge < -0.3 is 9.47 Å². The van der Waals surface area contributed by atoms with Crippen LogP contribution >= 0.6 is 0 Å². The van der Waals surface area contributed by atoms with Crippen LogP contribution in [0, 0.1) is 0 Å². The number of nitrogens with one attached hydrogen (secondary N) is 1. The van der Waals surface area contributed by atoms with E-state index in [4.69, 9.17) is 9.47 Å². The summed E-state index contributed by atoms with van der Waals surface area (Å²) in [6.07, 6.45) is 0. The zero-order chi connectivity index (χ0) is 7.66. The molecule has 0 fully saturated rings. The Morgan fingerprint density at radius 3 is 2.40 bits per heavy atom. The first-order valence-corrected chi connectivity index (χ1v) is 3.78. The van der Waals surface area contributed by atoms with E-state index in [1.165, 1.54) is 0 Å². The molecule has 0 unspecified atom stereocenters. The molecule has 0 aliphatic rings. The van der Waals surface area contributed by atoms with Crippen LogP contribution in [0.5, 0.6) is 0 Å². The van der Waals surface area contributed by atoms with Crippen LogP contribution < -0.4 is 5.32 Å². The van der Waals surface area contributed by atoms with Crippen molar-refractivity contribution in [1.82, 2.24) is 5.32 Å². The SMILES string of the molecule is CCOCCNCOCC. The lowest BCUT2D eigenvalue weighted by atomic mass is 10.7. The summed E-state index contributed by atoms with van der Waals surface area (Å²) in [7, 11) is 0. The topological polar surface area (TPSA) is 30.5 Å². The van der Waals surface area contributed by atoms with Crippen LogP contribution in [0.1, 0.15) is 13.8 Å². The van der Waals surface area contributed by atoms with Crippen LogP contribution in [-0.2, 0) is 9.47 Å². The van der Waals surface area contributed by atoms with Gasteiger partial charge >= 0.3 is 0 Å². The summed E-state index contributed by atoms with van der Waals surface area (Å²) in [4.78, 5) is 0. The molecular weight excluding hydrogens is 130 g/mol. The standard InChI is InChI=1S/C7H17NO2/c1-3-9-6-5-8-7-10-4-2/h8H,3-7H2,1-2H3. The lowest BCUT2D eigenvalue weighted by molar-refractivity contribution is 0.107. The van der Waals surface area contributed by atoms with E-state index < -0.39 is 0 Å². The highest BCUT2D eigenvalue weighted by Gasteiger charge is 1.84. The van der Waals surface area contributed by atoms with Crippen LogP contribution in [0.4, 0.5) is 0 Å². The van der Waals surface area contributed by atoms with Crippen molar-refractivity contribution in [3.63, 3.8) is 0 Å². The van der Waals surface area contributed by atoms with Crippen molar-refractivity contribution in [2.75, 3.05) is 33.1 Å². The van der Waals surface area contributed by atoms with Gasteiger partial charge in [-0.3, -0.25) is 5.32 Å². The summed E-state index contributed by atoms with van der Waals surface area (Å²) in [6, 6.07) is 0. The van der Waals surface area contributed by atoms with Crippen molar-refractivity contribution in [2.45, 2.75) is 13.8 Å². The molecule has 3 nitrogen and oxygen atoms in total. The third kappa shape index (κ3) is 7.88. The van der Waals surface area contributed by atoms with E-state index in [1.54, 1.807) is 0 Å². The summed E-state index contributed by atoms with van der Waals surface area (Å²) in [5.41, 5.74) is 0. The van der Waals surface area contributed by atoms with Gasteiger partial charge in [-0.05, 0) is 13.8 Å². The Balaban J connectivity index is 2.65. The fourth-order valence-electron chi connectivity index (χ4n) is 0.535. The molecule has 0 aromatic heterocycles. The van der Waals surface area contributed by atoms with Gasteiger partial charge in [-0.1, -0.05) is 0 Å². The molecule has 0 saturated carbocycles. The first kappa shape index (κ1) is 9.88. The zero-order valence-corrected chi connectivity index (χ0v) is 6.85. The van der Waals surface area contributed by atoms with E-state index in [1.807, 2.05) is 13.8 Å².